The minimum Gasteiger partial charge on any atom is -0.173 e. The minimum atomic E-state index is 0.115. The van der Waals surface area contributed by atoms with Gasteiger partial charge in [-0.25, -0.2) is 0 Å². The molecule has 0 unspecified atom stereocenters. The second-order valence-corrected chi connectivity index (χ2v) is 8.77. The summed E-state index contributed by atoms with van der Waals surface area (Å²) in [4.78, 5) is 0. The summed E-state index contributed by atoms with van der Waals surface area (Å²) in [5, 5.41) is 0. The van der Waals surface area contributed by atoms with Crippen LogP contribution in [0.2, 0.25) is 0 Å². The SMILES string of the molecule is CC(C)(C)c1cc(-c2cccc3nsnc23)cc(C(C)(C)C)c1. The number of hydrogen-bond donors (Lipinski definition) is 0. The van der Waals surface area contributed by atoms with Crippen LogP contribution in [0.1, 0.15) is 52.7 Å². The van der Waals surface area contributed by atoms with Crippen molar-refractivity contribution >= 4 is 22.8 Å². The first kappa shape index (κ1) is 16.1. The van der Waals surface area contributed by atoms with Gasteiger partial charge in [0.2, 0.25) is 0 Å². The summed E-state index contributed by atoms with van der Waals surface area (Å²) in [6.07, 6.45) is 0. The van der Waals surface area contributed by atoms with Gasteiger partial charge >= 0.3 is 0 Å². The van der Waals surface area contributed by atoms with E-state index < -0.39 is 0 Å². The number of hydrogen-bond acceptors (Lipinski definition) is 3. The van der Waals surface area contributed by atoms with Crippen LogP contribution in [0, 0.1) is 0 Å². The third-order valence-corrected chi connectivity index (χ3v) is 4.80. The number of aromatic nitrogens is 2. The van der Waals surface area contributed by atoms with Crippen LogP contribution in [-0.4, -0.2) is 8.75 Å². The molecule has 0 saturated heterocycles. The van der Waals surface area contributed by atoms with Crippen molar-refractivity contribution in [3.63, 3.8) is 0 Å². The summed E-state index contributed by atoms with van der Waals surface area (Å²) in [6.45, 7) is 13.6. The van der Waals surface area contributed by atoms with Crippen molar-refractivity contribution < 1.29 is 0 Å². The fraction of sp³-hybridized carbons (Fsp3) is 0.400. The highest BCUT2D eigenvalue weighted by Gasteiger charge is 2.21. The lowest BCUT2D eigenvalue weighted by molar-refractivity contribution is 0.569. The van der Waals surface area contributed by atoms with E-state index in [2.05, 4.69) is 80.6 Å². The van der Waals surface area contributed by atoms with Crippen molar-refractivity contribution in [1.29, 1.82) is 0 Å². The molecule has 1 aromatic heterocycles. The lowest BCUT2D eigenvalue weighted by Gasteiger charge is -2.26. The monoisotopic (exact) mass is 324 g/mol. The zero-order chi connectivity index (χ0) is 16.8. The first-order valence-electron chi connectivity index (χ1n) is 8.04. The van der Waals surface area contributed by atoms with Crippen molar-refractivity contribution in [3.05, 3.63) is 47.5 Å². The molecular formula is C20H24N2S. The van der Waals surface area contributed by atoms with Crippen LogP contribution in [0.3, 0.4) is 0 Å². The highest BCUT2D eigenvalue weighted by Crippen LogP contribution is 2.35. The van der Waals surface area contributed by atoms with Crippen molar-refractivity contribution in [2.24, 2.45) is 0 Å². The van der Waals surface area contributed by atoms with E-state index in [0.29, 0.717) is 0 Å². The fourth-order valence-electron chi connectivity index (χ4n) is 2.69. The van der Waals surface area contributed by atoms with Gasteiger partial charge in [0.15, 0.2) is 0 Å². The Morgan fingerprint density at radius 2 is 1.39 bits per heavy atom. The maximum Gasteiger partial charge on any atom is 0.112 e. The predicted molar refractivity (Wildman–Crippen MR) is 100 cm³/mol. The van der Waals surface area contributed by atoms with Crippen LogP contribution in [0.5, 0.6) is 0 Å². The van der Waals surface area contributed by atoms with E-state index in [4.69, 9.17) is 0 Å². The summed E-state index contributed by atoms with van der Waals surface area (Å²) < 4.78 is 8.89. The summed E-state index contributed by atoms with van der Waals surface area (Å²) in [7, 11) is 0. The smallest absolute Gasteiger partial charge is 0.112 e. The van der Waals surface area contributed by atoms with Crippen molar-refractivity contribution in [2.45, 2.75) is 52.4 Å². The molecule has 3 heteroatoms. The van der Waals surface area contributed by atoms with Crippen LogP contribution in [0.4, 0.5) is 0 Å². The molecule has 3 rings (SSSR count). The topological polar surface area (TPSA) is 25.8 Å². The Morgan fingerprint density at radius 3 is 1.96 bits per heavy atom. The first-order chi connectivity index (χ1) is 10.7. The van der Waals surface area contributed by atoms with Gasteiger partial charge < -0.3 is 0 Å². The van der Waals surface area contributed by atoms with Gasteiger partial charge in [0.1, 0.15) is 11.0 Å². The second kappa shape index (κ2) is 5.41. The molecule has 2 nitrogen and oxygen atoms in total. The molecule has 23 heavy (non-hydrogen) atoms. The Balaban J connectivity index is 2.29. The maximum atomic E-state index is 4.51. The van der Waals surface area contributed by atoms with Gasteiger partial charge in [-0.1, -0.05) is 71.9 Å². The van der Waals surface area contributed by atoms with E-state index in [9.17, 15) is 0 Å². The first-order valence-corrected chi connectivity index (χ1v) is 8.77. The van der Waals surface area contributed by atoms with Crippen LogP contribution in [-0.2, 0) is 10.8 Å². The number of benzene rings is 2. The van der Waals surface area contributed by atoms with Gasteiger partial charge in [0.25, 0.3) is 0 Å². The van der Waals surface area contributed by atoms with Crippen LogP contribution in [0.15, 0.2) is 36.4 Å². The Bertz CT molecular complexity index is 816. The zero-order valence-corrected chi connectivity index (χ0v) is 15.6. The van der Waals surface area contributed by atoms with Gasteiger partial charge in [-0.15, -0.1) is 0 Å². The molecule has 3 aromatic rings. The third-order valence-electron chi connectivity index (χ3n) is 4.26. The second-order valence-electron chi connectivity index (χ2n) is 8.24. The molecule has 0 atom stereocenters. The van der Waals surface area contributed by atoms with Gasteiger partial charge in [-0.3, -0.25) is 0 Å². The lowest BCUT2D eigenvalue weighted by atomic mass is 9.79. The van der Waals surface area contributed by atoms with Crippen LogP contribution < -0.4 is 0 Å². The van der Waals surface area contributed by atoms with Crippen molar-refractivity contribution in [1.82, 2.24) is 8.75 Å². The normalized spacial score (nSPS) is 12.8. The summed E-state index contributed by atoms with van der Waals surface area (Å²) in [5.41, 5.74) is 7.34. The average Bonchev–Trinajstić information content (AvgIpc) is 2.93. The lowest BCUT2D eigenvalue weighted by Crippen LogP contribution is -2.16. The molecule has 0 aliphatic carbocycles. The molecule has 0 bridgehead atoms. The number of rotatable bonds is 1. The molecule has 120 valence electrons. The molecule has 1 heterocycles. The molecule has 0 fully saturated rings. The van der Waals surface area contributed by atoms with Crippen LogP contribution >= 0.6 is 11.7 Å². The number of nitrogens with zero attached hydrogens (tertiary/aromatic N) is 2. The third kappa shape index (κ3) is 3.16. The molecule has 0 amide bonds. The molecular weight excluding hydrogens is 300 g/mol. The largest absolute Gasteiger partial charge is 0.173 e. The molecule has 0 spiro atoms. The molecule has 0 aliphatic heterocycles. The van der Waals surface area contributed by atoms with E-state index in [1.165, 1.54) is 34.0 Å². The van der Waals surface area contributed by atoms with Crippen LogP contribution in [0.25, 0.3) is 22.2 Å². The minimum absolute atomic E-state index is 0.115. The Morgan fingerprint density at radius 1 is 0.783 bits per heavy atom. The molecule has 2 aromatic carbocycles. The van der Waals surface area contributed by atoms with E-state index >= 15 is 0 Å². The van der Waals surface area contributed by atoms with Gasteiger partial charge in [0.05, 0.1) is 11.7 Å². The fourth-order valence-corrected chi connectivity index (χ4v) is 3.24. The zero-order valence-electron chi connectivity index (χ0n) is 14.8. The predicted octanol–water partition coefficient (Wildman–Crippen LogP) is 5.95. The Labute approximate surface area is 142 Å². The molecule has 0 saturated carbocycles. The van der Waals surface area contributed by atoms with Crippen molar-refractivity contribution in [2.75, 3.05) is 0 Å². The van der Waals surface area contributed by atoms with Crippen molar-refractivity contribution in [3.8, 4) is 11.1 Å². The summed E-state index contributed by atoms with van der Waals surface area (Å²) in [6, 6.07) is 13.2. The van der Waals surface area contributed by atoms with E-state index in [1.54, 1.807) is 0 Å². The number of fused-ring (bicyclic) bond motifs is 1. The molecule has 0 radical (unpaired) electrons. The molecule has 0 aliphatic rings. The van der Waals surface area contributed by atoms with Gasteiger partial charge in [0, 0.05) is 5.56 Å². The quantitative estimate of drug-likeness (QED) is 0.552. The van der Waals surface area contributed by atoms with E-state index in [1.807, 2.05) is 6.07 Å². The van der Waals surface area contributed by atoms with Gasteiger partial charge in [-0.05, 0) is 33.6 Å². The van der Waals surface area contributed by atoms with Gasteiger partial charge in [-0.2, -0.15) is 8.75 Å². The van der Waals surface area contributed by atoms with E-state index in [0.717, 1.165) is 11.0 Å². The highest BCUT2D eigenvalue weighted by molar-refractivity contribution is 7.00. The Kier molecular flexibility index (Phi) is 3.80. The standard InChI is InChI=1S/C20H24N2S/c1-19(2,3)14-10-13(11-15(12-14)20(4,5)6)16-8-7-9-17-18(16)22-23-21-17/h7-12H,1-6H3. The summed E-state index contributed by atoms with van der Waals surface area (Å²) >= 11 is 1.28. The average molecular weight is 324 g/mol. The molecule has 0 N–H and O–H groups in total. The summed E-state index contributed by atoms with van der Waals surface area (Å²) in [5.74, 6) is 0. The maximum absolute atomic E-state index is 4.51. The Hall–Kier alpha value is -1.74. The van der Waals surface area contributed by atoms with E-state index in [-0.39, 0.29) is 10.8 Å². The highest BCUT2D eigenvalue weighted by atomic mass is 32.1.